The number of anilines is 2. The third-order valence-electron chi connectivity index (χ3n) is 21.7. The van der Waals surface area contributed by atoms with Gasteiger partial charge >= 0.3 is 21.1 Å². The highest BCUT2D eigenvalue weighted by Crippen LogP contribution is 2.44. The lowest BCUT2D eigenvalue weighted by Crippen LogP contribution is -2.42. The van der Waals surface area contributed by atoms with E-state index in [1.54, 1.807) is 64.1 Å². The first-order valence-corrected chi connectivity index (χ1v) is 41.8. The summed E-state index contributed by atoms with van der Waals surface area (Å²) in [5.41, 5.74) is 10.5. The number of alkyl halides is 1. The fourth-order valence-electron chi connectivity index (χ4n) is 12.1. The number of nitrogen functional groups attached to an aromatic ring is 2. The molecule has 17 rings (SSSR count). The Bertz CT molecular complexity index is 5500. The summed E-state index contributed by atoms with van der Waals surface area (Å²) < 4.78 is 128. The molecule has 0 spiro atoms. The molecule has 7 saturated heterocycles. The molecule has 0 atom stereocenters. The van der Waals surface area contributed by atoms with Gasteiger partial charge in [-0.3, -0.25) is 28.8 Å². The Kier molecular flexibility index (Phi) is 30.9. The Morgan fingerprint density at radius 3 is 1.26 bits per heavy atom. The van der Waals surface area contributed by atoms with Crippen LogP contribution in [0.3, 0.4) is 0 Å². The molecule has 0 radical (unpaired) electrons. The summed E-state index contributed by atoms with van der Waals surface area (Å²) in [4.78, 5) is 99.0. The van der Waals surface area contributed by atoms with Crippen molar-refractivity contribution in [3.05, 3.63) is 236 Å². The van der Waals surface area contributed by atoms with E-state index >= 15 is 0 Å². The number of carbonyl (C=O) groups excluding carboxylic acids is 2. The van der Waals surface area contributed by atoms with Crippen LogP contribution in [0, 0.1) is 23.3 Å². The number of oxazole rings is 2. The van der Waals surface area contributed by atoms with Gasteiger partial charge in [0.25, 0.3) is 16.7 Å². The van der Waals surface area contributed by atoms with Gasteiger partial charge in [0.2, 0.25) is 17.3 Å². The highest BCUT2D eigenvalue weighted by molar-refractivity contribution is 9.10. The van der Waals surface area contributed by atoms with Crippen molar-refractivity contribution >= 4 is 109 Å². The number of H-pyrrole nitrogens is 1. The van der Waals surface area contributed by atoms with Gasteiger partial charge in [-0.25, -0.2) is 47.5 Å². The number of nitrogens with zero attached hydrogens (tertiary/aromatic N) is 9. The number of aromatic nitrogens is 10. The number of hydrogen-bond acceptors (Lipinski definition) is 26. The normalized spacial score (nSPS) is 18.1. The first kappa shape index (κ1) is 94.7. The number of nitrogens with two attached hydrogens (primary N) is 2. The molecule has 123 heavy (non-hydrogen) atoms. The lowest BCUT2D eigenvalue weighted by Gasteiger charge is -2.32. The van der Waals surface area contributed by atoms with Crippen molar-refractivity contribution in [2.45, 2.75) is 165 Å². The van der Waals surface area contributed by atoms with E-state index in [1.807, 2.05) is 89.3 Å². The zero-order valence-corrected chi connectivity index (χ0v) is 74.8. The number of hydrogen-bond donors (Lipinski definition) is 3. The molecule has 41 heteroatoms. The second kappa shape index (κ2) is 40.1. The summed E-state index contributed by atoms with van der Waals surface area (Å²) in [5.74, 6) is -4.11. The highest BCUT2D eigenvalue weighted by atomic mass is 79.9. The number of Topliss-reactive ketones (excluding diaryl/α,β-unsaturated/α-hetero) is 2. The van der Waals surface area contributed by atoms with E-state index in [0.717, 1.165) is 51.9 Å². The van der Waals surface area contributed by atoms with Crippen LogP contribution in [0.2, 0.25) is 5.15 Å². The lowest BCUT2D eigenvalue weighted by atomic mass is 9.49. The molecule has 0 aliphatic carbocycles. The summed E-state index contributed by atoms with van der Waals surface area (Å²) in [6.45, 7) is 29.4. The number of carbonyl (C=O) groups is 2. The van der Waals surface area contributed by atoms with Gasteiger partial charge in [0.1, 0.15) is 52.9 Å². The number of ketones is 2. The average Bonchev–Trinajstić information content (AvgIpc) is 1.59. The highest BCUT2D eigenvalue weighted by Gasteiger charge is 2.64. The van der Waals surface area contributed by atoms with E-state index in [1.165, 1.54) is 53.8 Å². The predicted octanol–water partition coefficient (Wildman–Crippen LogP) is 12.7. The molecular weight excluding hydrogens is 1820 g/mol. The predicted molar refractivity (Wildman–Crippen MR) is 461 cm³/mol. The van der Waals surface area contributed by atoms with Gasteiger partial charge in [-0.1, -0.05) is 45.7 Å². The molecule has 652 valence electrons. The van der Waals surface area contributed by atoms with Crippen LogP contribution in [0.25, 0.3) is 34.4 Å². The Morgan fingerprint density at radius 1 is 0.488 bits per heavy atom. The maximum absolute atomic E-state index is 14.0. The molecular formula is C82H91B3Br3ClF4N12O18. The standard InChI is InChI=1S/C24H19F2N5O4.C16H11ClF2N4O2.C14H20BNO4.C12H24B2O4.C8H8BrNO2.C5H4BrNO.C3H5BrO/c25-16-2-1-3-17(26)15(16)5-6-18(32)21-23(27)30-22(24-28-8-9-35-24)20(29-21)13-4-7-19(33)31(10-13)14-11-34-12-14;17-14-13(16-21-6-7-25-16)23-15(20)12(22-14)11(24)5-4-8-9(18)2-1-3-10(8)19;1-13(2)14(3,4)20-15(19-13)10-5-6-12(17)16(7-10)11-8-18-9-11;1-9(2)10(3,4)16-13(15-9)14-17-11(5,6)12(7,8)18-14;9-6-1-2-8(11)10(3-6)7-4-12-5-7;6-4-1-2-5(8)7-3-4;4-3-1-5-2-3/h1-4,7-10,14H,5-6,11-12H2,(H2,27,30);1-3,6-7H,4-5H2,(H2,20,23);5-7,11H,8-9H2,1-4H3;1-8H3;1-3,7H,4-5H2;1-3H,(H,7,8);3H,1-2H2. The number of rotatable bonds is 16. The summed E-state index contributed by atoms with van der Waals surface area (Å²) in [6, 6.07) is 20.0. The van der Waals surface area contributed by atoms with Gasteiger partial charge in [0.15, 0.2) is 39.7 Å². The van der Waals surface area contributed by atoms with Crippen LogP contribution < -0.4 is 39.2 Å². The molecule has 2 aromatic carbocycles. The molecule has 15 heterocycles. The van der Waals surface area contributed by atoms with Crippen LogP contribution in [0.15, 0.2) is 172 Å². The Labute approximate surface area is 736 Å². The molecule has 7 aliphatic heterocycles. The van der Waals surface area contributed by atoms with Crippen LogP contribution in [0.5, 0.6) is 0 Å². The number of benzene rings is 2. The number of nitrogens with one attached hydrogen (secondary N) is 1. The minimum absolute atomic E-state index is 0.0152. The number of pyridine rings is 4. The van der Waals surface area contributed by atoms with E-state index in [0.29, 0.717) is 50.0 Å². The van der Waals surface area contributed by atoms with Crippen LogP contribution >= 0.6 is 59.4 Å². The third kappa shape index (κ3) is 23.2. The number of halogens is 8. The van der Waals surface area contributed by atoms with Crippen molar-refractivity contribution in [1.82, 2.24) is 48.6 Å². The molecule has 30 nitrogen and oxygen atoms in total. The van der Waals surface area contributed by atoms with Gasteiger partial charge in [0.05, 0.1) is 122 Å². The second-order valence-corrected chi connectivity index (χ2v) is 35.5. The zero-order valence-electron chi connectivity index (χ0n) is 69.3. The topological polar surface area (TPSA) is 381 Å². The number of ether oxygens (including phenoxy) is 4. The van der Waals surface area contributed by atoms with Crippen LogP contribution in [-0.2, 0) is 59.7 Å². The van der Waals surface area contributed by atoms with Crippen LogP contribution in [0.4, 0.5) is 29.2 Å². The summed E-state index contributed by atoms with van der Waals surface area (Å²) in [7, 11) is -1.39. The van der Waals surface area contributed by atoms with E-state index in [2.05, 4.69) is 82.7 Å². The van der Waals surface area contributed by atoms with Gasteiger partial charge in [-0.05, 0) is 176 Å². The fourth-order valence-corrected chi connectivity index (χ4v) is 13.3. The lowest BCUT2D eigenvalue weighted by molar-refractivity contribution is -0.0249. The van der Waals surface area contributed by atoms with Crippen molar-refractivity contribution in [2.75, 3.05) is 64.3 Å². The smallest absolute Gasteiger partial charge is 0.443 e. The van der Waals surface area contributed by atoms with Gasteiger partial charge in [-0.15, -0.1) is 0 Å². The molecule has 0 bridgehead atoms. The Balaban J connectivity index is 0.000000149. The average molecular weight is 1920 g/mol. The first-order chi connectivity index (χ1) is 58.0. The fraction of sp³-hybridized carbons (Fsp3) is 0.415. The van der Waals surface area contributed by atoms with Crippen molar-refractivity contribution in [2.24, 2.45) is 0 Å². The molecule has 0 unspecified atom stereocenters. The maximum atomic E-state index is 14.0. The van der Waals surface area contributed by atoms with E-state index in [-0.39, 0.29) is 168 Å². The van der Waals surface area contributed by atoms with E-state index < -0.39 is 56.0 Å². The number of aromatic amines is 1. The second-order valence-electron chi connectivity index (χ2n) is 32.1. The monoisotopic (exact) mass is 1910 g/mol. The SMILES string of the molecule is BrC1COC1.CC1(C)OB(B2OC(C)(C)C(C)(C)O2)OC1(C)C.CC1(C)OB(c2ccc(=O)n(C3COC3)c2)OC1(C)C.Nc1nc(-c2ncco2)c(-c2ccc(=O)n(C3COC3)c2)nc1C(=O)CCc1c(F)cccc1F.Nc1nc(-c2ncco2)c(Cl)nc1C(=O)CCc1c(F)cccc1F.O=c1ccc(Br)c[nH]1.O=c1ccc(Br)cn1C1COC1. The quantitative estimate of drug-likeness (QED) is 0.0350. The molecule has 0 saturated carbocycles. The third-order valence-corrected chi connectivity index (χ3v) is 23.4. The van der Waals surface area contributed by atoms with Crippen LogP contribution in [0.1, 0.15) is 146 Å². The molecule has 7 aliphatic rings. The molecule has 8 aromatic heterocycles. The van der Waals surface area contributed by atoms with Crippen molar-refractivity contribution in [3.63, 3.8) is 0 Å². The minimum atomic E-state index is -0.737. The minimum Gasteiger partial charge on any atom is -0.443 e. The van der Waals surface area contributed by atoms with Gasteiger partial charge in [0, 0.05) is 87.5 Å². The first-order valence-electron chi connectivity index (χ1n) is 38.9. The largest absolute Gasteiger partial charge is 0.496 e. The Hall–Kier alpha value is -9.00. The summed E-state index contributed by atoms with van der Waals surface area (Å²) in [6.07, 6.45) is 11.6. The van der Waals surface area contributed by atoms with Crippen molar-refractivity contribution in [1.29, 1.82) is 0 Å². The zero-order chi connectivity index (χ0) is 89.3. The van der Waals surface area contributed by atoms with Crippen molar-refractivity contribution in [3.8, 4) is 34.4 Å². The summed E-state index contributed by atoms with van der Waals surface area (Å²) in [5, 5.41) is -0.114. The summed E-state index contributed by atoms with van der Waals surface area (Å²) >= 11 is 15.8. The Morgan fingerprint density at radius 2 is 0.870 bits per heavy atom. The van der Waals surface area contributed by atoms with E-state index in [4.69, 9.17) is 78.8 Å². The van der Waals surface area contributed by atoms with Gasteiger partial charge in [-0.2, -0.15) is 0 Å². The van der Waals surface area contributed by atoms with E-state index in [9.17, 15) is 46.3 Å². The molecule has 10 aromatic rings. The maximum Gasteiger partial charge on any atom is 0.496 e. The molecule has 5 N–H and O–H groups in total. The van der Waals surface area contributed by atoms with Gasteiger partial charge < -0.3 is 85.9 Å². The van der Waals surface area contributed by atoms with Crippen LogP contribution in [-0.4, -0.2) is 173 Å². The molecule has 7 fully saturated rings. The van der Waals surface area contributed by atoms with Crippen molar-refractivity contribution < 1.29 is 82.9 Å². The molecule has 0 amide bonds.